The van der Waals surface area contributed by atoms with Gasteiger partial charge in [-0.3, -0.25) is 4.90 Å². The van der Waals surface area contributed by atoms with Crippen LogP contribution >= 0.6 is 11.3 Å². The standard InChI is InChI=1S/C20H18N4S/c1-3-14-13(2)20-23(16-8-5-4-7-15(14)16)18-19(22-11-10-21-18)24(20)17-9-6-12-25-17/h3-14,20H,1H2,2H3. The molecule has 5 rings (SSSR count). The van der Waals surface area contributed by atoms with E-state index in [-0.39, 0.29) is 6.17 Å². The van der Waals surface area contributed by atoms with E-state index in [9.17, 15) is 0 Å². The highest BCUT2D eigenvalue weighted by molar-refractivity contribution is 7.14. The van der Waals surface area contributed by atoms with Crippen molar-refractivity contribution in [3.8, 4) is 0 Å². The van der Waals surface area contributed by atoms with Crippen molar-refractivity contribution in [2.24, 2.45) is 5.92 Å². The highest BCUT2D eigenvalue weighted by atomic mass is 32.1. The monoisotopic (exact) mass is 346 g/mol. The molecule has 5 heteroatoms. The van der Waals surface area contributed by atoms with Crippen molar-refractivity contribution in [1.82, 2.24) is 9.97 Å². The van der Waals surface area contributed by atoms with E-state index in [0.717, 1.165) is 11.6 Å². The molecule has 0 radical (unpaired) electrons. The van der Waals surface area contributed by atoms with Crippen LogP contribution in [-0.2, 0) is 0 Å². The zero-order valence-electron chi connectivity index (χ0n) is 13.9. The van der Waals surface area contributed by atoms with Gasteiger partial charge in [-0.1, -0.05) is 31.2 Å². The summed E-state index contributed by atoms with van der Waals surface area (Å²) in [6.07, 6.45) is 5.78. The SMILES string of the molecule is C=CC1c2ccccc2N2c3nccnc3N(c3cccs3)C2C1C. The van der Waals surface area contributed by atoms with Crippen LogP contribution in [0.2, 0.25) is 0 Å². The molecule has 3 unspecified atom stereocenters. The van der Waals surface area contributed by atoms with Gasteiger partial charge in [0.05, 0.1) is 5.00 Å². The first-order chi connectivity index (χ1) is 12.3. The summed E-state index contributed by atoms with van der Waals surface area (Å²) in [7, 11) is 0. The van der Waals surface area contributed by atoms with E-state index in [4.69, 9.17) is 0 Å². The minimum Gasteiger partial charge on any atom is -0.301 e. The maximum atomic E-state index is 4.69. The molecule has 0 saturated carbocycles. The molecule has 2 aliphatic rings. The molecule has 0 bridgehead atoms. The number of rotatable bonds is 2. The Morgan fingerprint density at radius 3 is 2.52 bits per heavy atom. The Hall–Kier alpha value is -2.66. The van der Waals surface area contributed by atoms with Gasteiger partial charge in [-0.05, 0) is 29.1 Å². The van der Waals surface area contributed by atoms with Gasteiger partial charge in [-0.25, -0.2) is 9.97 Å². The number of aromatic nitrogens is 2. The summed E-state index contributed by atoms with van der Waals surface area (Å²) in [5.41, 5.74) is 2.52. The molecule has 3 aromatic rings. The second-order valence-electron chi connectivity index (χ2n) is 6.49. The normalized spacial score (nSPS) is 23.8. The minimum absolute atomic E-state index is 0.147. The molecule has 0 N–H and O–H groups in total. The minimum atomic E-state index is 0.147. The quantitative estimate of drug-likeness (QED) is 0.606. The fourth-order valence-electron chi connectivity index (χ4n) is 4.20. The first-order valence-electron chi connectivity index (χ1n) is 8.45. The summed E-state index contributed by atoms with van der Waals surface area (Å²) < 4.78 is 0. The van der Waals surface area contributed by atoms with E-state index >= 15 is 0 Å². The highest BCUT2D eigenvalue weighted by Crippen LogP contribution is 2.55. The van der Waals surface area contributed by atoms with E-state index in [1.54, 1.807) is 23.7 Å². The molecule has 3 atom stereocenters. The van der Waals surface area contributed by atoms with Crippen molar-refractivity contribution in [3.05, 3.63) is 72.4 Å². The lowest BCUT2D eigenvalue weighted by atomic mass is 9.80. The summed E-state index contributed by atoms with van der Waals surface area (Å²) in [5, 5.41) is 3.31. The molecule has 2 aliphatic heterocycles. The Balaban J connectivity index is 1.79. The number of hydrogen-bond acceptors (Lipinski definition) is 5. The van der Waals surface area contributed by atoms with Crippen LogP contribution in [0, 0.1) is 5.92 Å². The number of benzene rings is 1. The van der Waals surface area contributed by atoms with Gasteiger partial charge in [0.25, 0.3) is 0 Å². The summed E-state index contributed by atoms with van der Waals surface area (Å²) in [6, 6.07) is 12.8. The summed E-state index contributed by atoms with van der Waals surface area (Å²) in [4.78, 5) is 14.1. The Morgan fingerprint density at radius 2 is 1.80 bits per heavy atom. The summed E-state index contributed by atoms with van der Waals surface area (Å²) in [6.45, 7) is 6.42. The predicted octanol–water partition coefficient (Wildman–Crippen LogP) is 5.07. The fourth-order valence-corrected chi connectivity index (χ4v) is 4.96. The first kappa shape index (κ1) is 14.7. The molecular formula is C20H18N4S. The first-order valence-corrected chi connectivity index (χ1v) is 9.33. The van der Waals surface area contributed by atoms with E-state index in [2.05, 4.69) is 81.1 Å². The van der Waals surface area contributed by atoms with Crippen molar-refractivity contribution < 1.29 is 0 Å². The van der Waals surface area contributed by atoms with Crippen LogP contribution in [0.15, 0.2) is 66.8 Å². The molecule has 1 aromatic carbocycles. The van der Waals surface area contributed by atoms with E-state index < -0.39 is 0 Å². The number of allylic oxidation sites excluding steroid dienone is 1. The Labute approximate surface area is 151 Å². The van der Waals surface area contributed by atoms with Gasteiger partial charge in [-0.15, -0.1) is 17.9 Å². The van der Waals surface area contributed by atoms with Crippen LogP contribution in [0.4, 0.5) is 22.3 Å². The summed E-state index contributed by atoms with van der Waals surface area (Å²) in [5.74, 6) is 2.52. The molecule has 124 valence electrons. The molecule has 0 saturated heterocycles. The number of anilines is 4. The smallest absolute Gasteiger partial charge is 0.179 e. The van der Waals surface area contributed by atoms with E-state index in [0.29, 0.717) is 11.8 Å². The van der Waals surface area contributed by atoms with Gasteiger partial charge in [-0.2, -0.15) is 0 Å². The lowest BCUT2D eigenvalue weighted by molar-refractivity contribution is 0.409. The number of nitrogens with zero attached hydrogens (tertiary/aromatic N) is 4. The Bertz CT molecular complexity index is 936. The van der Waals surface area contributed by atoms with Gasteiger partial charge in [0.15, 0.2) is 11.6 Å². The van der Waals surface area contributed by atoms with Crippen LogP contribution in [0.3, 0.4) is 0 Å². The second-order valence-corrected chi connectivity index (χ2v) is 7.41. The number of hydrogen-bond donors (Lipinski definition) is 0. The third kappa shape index (κ3) is 1.93. The van der Waals surface area contributed by atoms with Crippen molar-refractivity contribution in [1.29, 1.82) is 0 Å². The van der Waals surface area contributed by atoms with Crippen molar-refractivity contribution in [3.63, 3.8) is 0 Å². The average molecular weight is 346 g/mol. The zero-order chi connectivity index (χ0) is 17.0. The maximum Gasteiger partial charge on any atom is 0.179 e. The highest BCUT2D eigenvalue weighted by Gasteiger charge is 2.48. The molecule has 0 amide bonds. The lowest BCUT2D eigenvalue weighted by Crippen LogP contribution is -2.48. The van der Waals surface area contributed by atoms with Gasteiger partial charge >= 0.3 is 0 Å². The third-order valence-corrected chi connectivity index (χ3v) is 6.10. The Morgan fingerprint density at radius 1 is 1.04 bits per heavy atom. The molecule has 0 spiro atoms. The molecule has 0 fully saturated rings. The van der Waals surface area contributed by atoms with Gasteiger partial charge in [0.1, 0.15) is 6.17 Å². The van der Waals surface area contributed by atoms with Crippen molar-refractivity contribution in [2.45, 2.75) is 19.0 Å². The molecule has 4 nitrogen and oxygen atoms in total. The third-order valence-electron chi connectivity index (χ3n) is 5.24. The van der Waals surface area contributed by atoms with Gasteiger partial charge in [0, 0.05) is 29.9 Å². The molecular weight excluding hydrogens is 328 g/mol. The molecule has 25 heavy (non-hydrogen) atoms. The Kier molecular flexibility index (Phi) is 3.18. The van der Waals surface area contributed by atoms with Crippen LogP contribution in [0.25, 0.3) is 0 Å². The second kappa shape index (κ2) is 5.43. The number of para-hydroxylation sites is 1. The van der Waals surface area contributed by atoms with E-state index in [1.807, 2.05) is 0 Å². The molecule has 2 aromatic heterocycles. The predicted molar refractivity (Wildman–Crippen MR) is 103 cm³/mol. The van der Waals surface area contributed by atoms with E-state index in [1.165, 1.54) is 16.3 Å². The van der Waals surface area contributed by atoms with Gasteiger partial charge in [0.2, 0.25) is 0 Å². The molecule has 4 heterocycles. The zero-order valence-corrected chi connectivity index (χ0v) is 14.7. The van der Waals surface area contributed by atoms with Crippen molar-refractivity contribution in [2.75, 3.05) is 9.80 Å². The number of thiophene rings is 1. The summed E-state index contributed by atoms with van der Waals surface area (Å²) >= 11 is 1.74. The lowest BCUT2D eigenvalue weighted by Gasteiger charge is -2.44. The van der Waals surface area contributed by atoms with Crippen LogP contribution in [-0.4, -0.2) is 16.1 Å². The van der Waals surface area contributed by atoms with Gasteiger partial charge < -0.3 is 4.90 Å². The number of fused-ring (bicyclic) bond motifs is 5. The topological polar surface area (TPSA) is 32.3 Å². The van der Waals surface area contributed by atoms with Crippen molar-refractivity contribution >= 4 is 33.7 Å². The average Bonchev–Trinajstić information content (AvgIpc) is 3.28. The largest absolute Gasteiger partial charge is 0.301 e. The van der Waals surface area contributed by atoms with Crippen LogP contribution < -0.4 is 9.80 Å². The van der Waals surface area contributed by atoms with Crippen LogP contribution in [0.1, 0.15) is 18.4 Å². The fraction of sp³-hybridized carbons (Fsp3) is 0.200. The maximum absolute atomic E-state index is 4.69. The van der Waals surface area contributed by atoms with Crippen LogP contribution in [0.5, 0.6) is 0 Å². The molecule has 0 aliphatic carbocycles.